The monoisotopic (exact) mass is 236 g/mol. The van der Waals surface area contributed by atoms with Crippen molar-refractivity contribution in [2.24, 2.45) is 0 Å². The third-order valence-corrected chi connectivity index (χ3v) is 3.47. The zero-order valence-corrected chi connectivity index (χ0v) is 10.9. The molecule has 0 radical (unpaired) electrons. The van der Waals surface area contributed by atoms with Crippen LogP contribution in [0.1, 0.15) is 19.3 Å². The maximum Gasteiger partial charge on any atom is 0.0716 e. The molecule has 0 bridgehead atoms. The number of allylic oxidation sites excluding steroid dienone is 2. The smallest absolute Gasteiger partial charge is 0.0716 e. The molecule has 3 aliphatic rings. The summed E-state index contributed by atoms with van der Waals surface area (Å²) in [5.74, 6) is 0. The van der Waals surface area contributed by atoms with Gasteiger partial charge in [0.15, 0.2) is 0 Å². The minimum Gasteiger partial charge on any atom is -0.376 e. The number of hydrogen-bond acceptors (Lipinski definition) is 3. The van der Waals surface area contributed by atoms with Crippen molar-refractivity contribution in [1.29, 1.82) is 0 Å². The van der Waals surface area contributed by atoms with Gasteiger partial charge in [-0.05, 0) is 37.5 Å². The van der Waals surface area contributed by atoms with Gasteiger partial charge in [-0.15, -0.1) is 0 Å². The molecular weight excluding hydrogens is 212 g/mol. The molecule has 2 heterocycles. The fraction of sp³-hybridized carbons (Fsp3) is 0.714. The van der Waals surface area contributed by atoms with Gasteiger partial charge in [-0.2, -0.15) is 0 Å². The van der Waals surface area contributed by atoms with E-state index in [0.717, 1.165) is 32.7 Å². The van der Waals surface area contributed by atoms with Crippen molar-refractivity contribution in [2.75, 3.05) is 46.4 Å². The molecule has 0 amide bonds. The van der Waals surface area contributed by atoms with E-state index in [9.17, 15) is 0 Å². The summed E-state index contributed by atoms with van der Waals surface area (Å²) in [5, 5.41) is 3.27. The normalized spacial score (nSPS) is 25.0. The molecule has 3 nitrogen and oxygen atoms in total. The maximum absolute atomic E-state index is 5.33. The van der Waals surface area contributed by atoms with Crippen molar-refractivity contribution in [3.05, 3.63) is 23.3 Å². The van der Waals surface area contributed by atoms with Crippen molar-refractivity contribution in [1.82, 2.24) is 10.2 Å². The molecule has 0 atom stereocenters. The van der Waals surface area contributed by atoms with Gasteiger partial charge in [-0.1, -0.05) is 12.2 Å². The van der Waals surface area contributed by atoms with Crippen molar-refractivity contribution in [2.45, 2.75) is 19.3 Å². The number of nitrogens with zero attached hydrogens (tertiary/aromatic N) is 1. The van der Waals surface area contributed by atoms with E-state index >= 15 is 0 Å². The van der Waals surface area contributed by atoms with Crippen LogP contribution in [0.5, 0.6) is 0 Å². The third kappa shape index (κ3) is 4.26. The van der Waals surface area contributed by atoms with E-state index in [1.54, 1.807) is 0 Å². The van der Waals surface area contributed by atoms with E-state index in [1.165, 1.54) is 37.1 Å². The molecule has 3 heteroatoms. The number of ether oxygens (including phenoxy) is 1. The molecule has 3 rings (SSSR count). The van der Waals surface area contributed by atoms with E-state index in [-0.39, 0.29) is 0 Å². The van der Waals surface area contributed by atoms with Gasteiger partial charge in [0.05, 0.1) is 13.2 Å². The van der Waals surface area contributed by atoms with Gasteiger partial charge < -0.3 is 15.0 Å². The SMILES string of the molecule is C1=C2CCOCC2=CCC1.CN1CCNCC1. The minimum atomic E-state index is 0.853. The molecule has 1 aliphatic carbocycles. The third-order valence-electron chi connectivity index (χ3n) is 3.47. The Morgan fingerprint density at radius 1 is 1.12 bits per heavy atom. The first-order valence-corrected chi connectivity index (χ1v) is 6.72. The van der Waals surface area contributed by atoms with Crippen LogP contribution < -0.4 is 5.32 Å². The van der Waals surface area contributed by atoms with Crippen LogP contribution in [-0.4, -0.2) is 51.3 Å². The molecule has 0 unspecified atom stereocenters. The average Bonchev–Trinajstić information content (AvgIpc) is 2.41. The fourth-order valence-corrected chi connectivity index (χ4v) is 2.33. The van der Waals surface area contributed by atoms with Crippen LogP contribution in [0.3, 0.4) is 0 Å². The quantitative estimate of drug-likeness (QED) is 0.691. The molecule has 17 heavy (non-hydrogen) atoms. The lowest BCUT2D eigenvalue weighted by Gasteiger charge is -2.21. The number of likely N-dealkylation sites (N-methyl/N-ethyl adjacent to an activating group) is 1. The van der Waals surface area contributed by atoms with Gasteiger partial charge in [0, 0.05) is 26.2 Å². The standard InChI is InChI=1S/C9H12O.C5H12N2/c1-2-4-9-7-10-6-5-8(9)3-1;1-7-4-2-6-3-5-7/h3-4H,1-2,5-7H2;6H,2-5H2,1H3. The molecule has 96 valence electrons. The minimum absolute atomic E-state index is 0.853. The summed E-state index contributed by atoms with van der Waals surface area (Å²) in [7, 11) is 2.15. The second-order valence-electron chi connectivity index (χ2n) is 4.89. The summed E-state index contributed by atoms with van der Waals surface area (Å²) in [5.41, 5.74) is 2.98. The summed E-state index contributed by atoms with van der Waals surface area (Å²) < 4.78 is 5.33. The second-order valence-corrected chi connectivity index (χ2v) is 4.89. The predicted octanol–water partition coefficient (Wildman–Crippen LogP) is 1.57. The molecule has 1 N–H and O–H groups in total. The summed E-state index contributed by atoms with van der Waals surface area (Å²) in [4.78, 5) is 2.33. The van der Waals surface area contributed by atoms with Crippen LogP contribution in [0, 0.1) is 0 Å². The molecule has 0 aromatic heterocycles. The molecule has 2 aliphatic heterocycles. The number of fused-ring (bicyclic) bond motifs is 1. The first-order chi connectivity index (χ1) is 8.36. The van der Waals surface area contributed by atoms with Gasteiger partial charge in [-0.25, -0.2) is 0 Å². The summed E-state index contributed by atoms with van der Waals surface area (Å²) in [6.45, 7) is 6.52. The van der Waals surface area contributed by atoms with Crippen LogP contribution in [0.15, 0.2) is 23.3 Å². The topological polar surface area (TPSA) is 24.5 Å². The molecular formula is C14H24N2O. The lowest BCUT2D eigenvalue weighted by molar-refractivity contribution is 0.145. The Labute approximate surface area is 105 Å². The first-order valence-electron chi connectivity index (χ1n) is 6.72. The van der Waals surface area contributed by atoms with E-state index in [1.807, 2.05) is 0 Å². The Bertz CT molecular complexity index is 269. The van der Waals surface area contributed by atoms with Crippen LogP contribution in [-0.2, 0) is 4.74 Å². The lowest BCUT2D eigenvalue weighted by Crippen LogP contribution is -2.40. The Hall–Kier alpha value is -0.640. The summed E-state index contributed by atoms with van der Waals surface area (Å²) in [6.07, 6.45) is 8.25. The van der Waals surface area contributed by atoms with Crippen molar-refractivity contribution in [3.8, 4) is 0 Å². The van der Waals surface area contributed by atoms with Crippen LogP contribution in [0.25, 0.3) is 0 Å². The average molecular weight is 236 g/mol. The van der Waals surface area contributed by atoms with Gasteiger partial charge in [0.1, 0.15) is 0 Å². The molecule has 0 spiro atoms. The lowest BCUT2D eigenvalue weighted by atomic mass is 9.95. The van der Waals surface area contributed by atoms with E-state index in [2.05, 4.69) is 29.4 Å². The zero-order valence-electron chi connectivity index (χ0n) is 10.9. The highest BCUT2D eigenvalue weighted by atomic mass is 16.5. The van der Waals surface area contributed by atoms with E-state index < -0.39 is 0 Å². The second kappa shape index (κ2) is 6.94. The van der Waals surface area contributed by atoms with Gasteiger partial charge in [-0.3, -0.25) is 0 Å². The molecule has 2 saturated heterocycles. The number of hydrogen-bond donors (Lipinski definition) is 1. The van der Waals surface area contributed by atoms with Crippen LogP contribution in [0.2, 0.25) is 0 Å². The maximum atomic E-state index is 5.33. The number of rotatable bonds is 0. The zero-order chi connectivity index (χ0) is 11.9. The van der Waals surface area contributed by atoms with E-state index in [0.29, 0.717) is 0 Å². The predicted molar refractivity (Wildman–Crippen MR) is 71.2 cm³/mol. The van der Waals surface area contributed by atoms with Crippen LogP contribution >= 0.6 is 0 Å². The largest absolute Gasteiger partial charge is 0.376 e. The van der Waals surface area contributed by atoms with Gasteiger partial charge >= 0.3 is 0 Å². The van der Waals surface area contributed by atoms with Gasteiger partial charge in [0.2, 0.25) is 0 Å². The summed E-state index contributed by atoms with van der Waals surface area (Å²) in [6, 6.07) is 0. The highest BCUT2D eigenvalue weighted by Crippen LogP contribution is 2.24. The Morgan fingerprint density at radius 2 is 1.82 bits per heavy atom. The van der Waals surface area contributed by atoms with E-state index in [4.69, 9.17) is 4.74 Å². The molecule has 0 aromatic carbocycles. The van der Waals surface area contributed by atoms with Crippen molar-refractivity contribution < 1.29 is 4.74 Å². The number of piperazine rings is 1. The Morgan fingerprint density at radius 3 is 2.41 bits per heavy atom. The molecule has 2 fully saturated rings. The summed E-state index contributed by atoms with van der Waals surface area (Å²) >= 11 is 0. The number of nitrogens with one attached hydrogen (secondary N) is 1. The highest BCUT2D eigenvalue weighted by Gasteiger charge is 2.12. The fourth-order valence-electron chi connectivity index (χ4n) is 2.33. The van der Waals surface area contributed by atoms with Crippen LogP contribution in [0.4, 0.5) is 0 Å². The van der Waals surface area contributed by atoms with Gasteiger partial charge in [0.25, 0.3) is 0 Å². The molecule has 0 aromatic rings. The molecule has 0 saturated carbocycles. The Kier molecular flexibility index (Phi) is 5.23. The Balaban J connectivity index is 0.000000136. The van der Waals surface area contributed by atoms with Crippen molar-refractivity contribution in [3.63, 3.8) is 0 Å². The first kappa shape index (κ1) is 12.8. The van der Waals surface area contributed by atoms with Crippen molar-refractivity contribution >= 4 is 0 Å². The highest BCUT2D eigenvalue weighted by molar-refractivity contribution is 5.35.